The Balaban J connectivity index is 1.72. The molecule has 10 nitrogen and oxygen atoms in total. The minimum atomic E-state index is -4.45. The Hall–Kier alpha value is -2.24. The predicted molar refractivity (Wildman–Crippen MR) is 158 cm³/mol. The van der Waals surface area contributed by atoms with Gasteiger partial charge >= 0.3 is 5.97 Å². The van der Waals surface area contributed by atoms with Gasteiger partial charge in [0.2, 0.25) is 20.0 Å². The van der Waals surface area contributed by atoms with Gasteiger partial charge in [0, 0.05) is 27.4 Å². The molecule has 4 rings (SSSR count). The normalized spacial score (nSPS) is 12.9. The Labute approximate surface area is 251 Å². The van der Waals surface area contributed by atoms with E-state index in [4.69, 9.17) is 4.74 Å². The summed E-state index contributed by atoms with van der Waals surface area (Å²) in [6.07, 6.45) is 0. The van der Waals surface area contributed by atoms with Crippen LogP contribution in [0.2, 0.25) is 0 Å². The first-order chi connectivity index (χ1) is 19.0. The van der Waals surface area contributed by atoms with Gasteiger partial charge in [-0.2, -0.15) is 0 Å². The van der Waals surface area contributed by atoms with Gasteiger partial charge in [0.15, 0.2) is 10.6 Å². The molecule has 1 aromatic heterocycles. The molecular formula is C25H23Br2N3O7S3. The summed E-state index contributed by atoms with van der Waals surface area (Å²) >= 11 is 4.57. The van der Waals surface area contributed by atoms with Crippen LogP contribution < -0.4 is 9.44 Å². The smallest absolute Gasteiger partial charge is 0.361 e. The number of rotatable bonds is 11. The van der Waals surface area contributed by atoms with Crippen LogP contribution in [0.25, 0.3) is 10.9 Å². The molecule has 0 bridgehead atoms. The first kappa shape index (κ1) is 30.7. The summed E-state index contributed by atoms with van der Waals surface area (Å²) in [5.41, 5.74) is -0.190. The monoisotopic (exact) mass is 731 g/mol. The van der Waals surface area contributed by atoms with E-state index in [-0.39, 0.29) is 35.5 Å². The first-order valence-corrected chi connectivity index (χ1v) is 17.4. The third-order valence-electron chi connectivity index (χ3n) is 5.52. The van der Waals surface area contributed by atoms with Crippen LogP contribution in [-0.2, 0) is 36.1 Å². The van der Waals surface area contributed by atoms with E-state index in [2.05, 4.69) is 41.3 Å². The Bertz CT molecular complexity index is 1750. The van der Waals surface area contributed by atoms with E-state index >= 15 is 0 Å². The fourth-order valence-electron chi connectivity index (χ4n) is 3.81. The second kappa shape index (κ2) is 12.7. The van der Waals surface area contributed by atoms with Gasteiger partial charge in [0.1, 0.15) is 21.8 Å². The van der Waals surface area contributed by atoms with Gasteiger partial charge in [0.05, 0.1) is 11.5 Å². The minimum absolute atomic E-state index is 0.0134. The SMILES string of the molecule is CCOC(=O)c1c(S(=O)(=O)NCCNS(=O)(=O)c2ccc(Br)cc2)c2cc(Br)ccc2n1[S+]([O-])c1ccccc1. The molecule has 4 aromatic rings. The summed E-state index contributed by atoms with van der Waals surface area (Å²) in [7, 11) is -8.35. The number of benzene rings is 3. The molecule has 1 heterocycles. The van der Waals surface area contributed by atoms with Crippen molar-refractivity contribution in [2.24, 2.45) is 0 Å². The van der Waals surface area contributed by atoms with Crippen molar-refractivity contribution < 1.29 is 30.9 Å². The summed E-state index contributed by atoms with van der Waals surface area (Å²) in [5, 5.41) is 0.129. The maximum atomic E-state index is 13.7. The number of sulfonamides is 2. The minimum Gasteiger partial charge on any atom is -0.587 e. The summed E-state index contributed by atoms with van der Waals surface area (Å²) in [5.74, 6) is -0.976. The molecule has 3 aromatic carbocycles. The fourth-order valence-corrected chi connectivity index (χ4v) is 8.19. The Morgan fingerprint density at radius 3 is 2.12 bits per heavy atom. The van der Waals surface area contributed by atoms with Crippen molar-refractivity contribution in [3.05, 3.63) is 87.4 Å². The Morgan fingerprint density at radius 1 is 0.900 bits per heavy atom. The highest BCUT2D eigenvalue weighted by Crippen LogP contribution is 2.35. The maximum Gasteiger partial charge on any atom is 0.361 e. The lowest BCUT2D eigenvalue weighted by molar-refractivity contribution is 0.0514. The zero-order valence-electron chi connectivity index (χ0n) is 20.8. The van der Waals surface area contributed by atoms with Gasteiger partial charge in [0.25, 0.3) is 0 Å². The number of carbonyl (C=O) groups is 1. The highest BCUT2D eigenvalue weighted by molar-refractivity contribution is 9.10. The summed E-state index contributed by atoms with van der Waals surface area (Å²) in [6, 6.07) is 18.9. The molecule has 0 radical (unpaired) electrons. The number of carbonyl (C=O) groups excluding carboxylic acids is 1. The van der Waals surface area contributed by atoms with E-state index in [9.17, 15) is 26.2 Å². The van der Waals surface area contributed by atoms with Crippen molar-refractivity contribution in [2.75, 3.05) is 19.7 Å². The number of halogens is 2. The van der Waals surface area contributed by atoms with Crippen LogP contribution in [0.5, 0.6) is 0 Å². The van der Waals surface area contributed by atoms with Crippen molar-refractivity contribution in [3.8, 4) is 0 Å². The van der Waals surface area contributed by atoms with E-state index in [1.54, 1.807) is 61.5 Å². The summed E-state index contributed by atoms with van der Waals surface area (Å²) in [6.45, 7) is 0.917. The van der Waals surface area contributed by atoms with Crippen LogP contribution >= 0.6 is 31.9 Å². The molecule has 0 saturated carbocycles. The van der Waals surface area contributed by atoms with Crippen LogP contribution in [0, 0.1) is 0 Å². The molecular weight excluding hydrogens is 710 g/mol. The molecule has 40 heavy (non-hydrogen) atoms. The van der Waals surface area contributed by atoms with Gasteiger partial charge < -0.3 is 9.29 Å². The lowest BCUT2D eigenvalue weighted by atomic mass is 10.2. The van der Waals surface area contributed by atoms with Crippen molar-refractivity contribution in [3.63, 3.8) is 0 Å². The van der Waals surface area contributed by atoms with Crippen molar-refractivity contribution in [1.29, 1.82) is 0 Å². The molecule has 0 fully saturated rings. The number of hydrogen-bond acceptors (Lipinski definition) is 7. The number of nitrogens with one attached hydrogen (secondary N) is 2. The van der Waals surface area contributed by atoms with Crippen LogP contribution in [0.1, 0.15) is 17.4 Å². The van der Waals surface area contributed by atoms with Crippen molar-refractivity contribution >= 4 is 80.1 Å². The number of esters is 1. The van der Waals surface area contributed by atoms with Crippen LogP contribution in [0.3, 0.4) is 0 Å². The molecule has 2 N–H and O–H groups in total. The summed E-state index contributed by atoms with van der Waals surface area (Å²) < 4.78 is 78.4. The number of hydrogen-bond donors (Lipinski definition) is 2. The fraction of sp³-hybridized carbons (Fsp3) is 0.160. The average Bonchev–Trinajstić information content (AvgIpc) is 3.27. The molecule has 1 atom stereocenters. The number of nitrogens with zero attached hydrogens (tertiary/aromatic N) is 1. The second-order valence-electron chi connectivity index (χ2n) is 8.17. The van der Waals surface area contributed by atoms with Crippen molar-refractivity contribution in [1.82, 2.24) is 13.4 Å². The lowest BCUT2D eigenvalue weighted by Gasteiger charge is -2.15. The van der Waals surface area contributed by atoms with Gasteiger partial charge in [-0.15, -0.1) is 3.97 Å². The zero-order chi connectivity index (χ0) is 29.1. The molecule has 1 unspecified atom stereocenters. The van der Waals surface area contributed by atoms with Crippen LogP contribution in [0.15, 0.2) is 96.4 Å². The molecule has 0 saturated heterocycles. The topological polar surface area (TPSA) is 147 Å². The van der Waals surface area contributed by atoms with Gasteiger partial charge in [-0.25, -0.2) is 31.1 Å². The maximum absolute atomic E-state index is 13.7. The van der Waals surface area contributed by atoms with E-state index in [1.165, 1.54) is 18.2 Å². The third kappa shape index (κ3) is 6.62. The predicted octanol–water partition coefficient (Wildman–Crippen LogP) is 4.17. The van der Waals surface area contributed by atoms with Crippen LogP contribution in [-0.4, -0.2) is 51.0 Å². The standard InChI is InChI=1S/C25H23Br2N3O7S3/c1-2-37-25(31)23-24(40(35,36)29-15-14-28-39(33,34)20-11-8-17(26)9-12-20)21-16-18(27)10-13-22(21)30(23)38(32)19-6-4-3-5-7-19/h3-13,16,28-29H,2,14-15H2,1H3. The van der Waals surface area contributed by atoms with E-state index in [1.807, 2.05) is 0 Å². The van der Waals surface area contributed by atoms with Crippen molar-refractivity contribution in [2.45, 2.75) is 21.6 Å². The average molecular weight is 733 g/mol. The zero-order valence-corrected chi connectivity index (χ0v) is 26.5. The van der Waals surface area contributed by atoms with Gasteiger partial charge in [-0.1, -0.05) is 50.1 Å². The Kier molecular flexibility index (Phi) is 9.78. The first-order valence-electron chi connectivity index (χ1n) is 11.7. The van der Waals surface area contributed by atoms with Gasteiger partial charge in [-0.3, -0.25) is 0 Å². The van der Waals surface area contributed by atoms with Gasteiger partial charge in [-0.05, 0) is 61.5 Å². The number of ether oxygens (including phenoxy) is 1. The van der Waals surface area contributed by atoms with E-state index in [0.29, 0.717) is 13.8 Å². The highest BCUT2D eigenvalue weighted by atomic mass is 79.9. The lowest BCUT2D eigenvalue weighted by Crippen LogP contribution is -2.35. The highest BCUT2D eigenvalue weighted by Gasteiger charge is 2.37. The molecule has 0 aliphatic carbocycles. The third-order valence-corrected chi connectivity index (χ3v) is 10.9. The molecule has 15 heteroatoms. The van der Waals surface area contributed by atoms with E-state index in [0.717, 1.165) is 3.97 Å². The number of aromatic nitrogens is 1. The quantitative estimate of drug-likeness (QED) is 0.134. The molecule has 212 valence electrons. The molecule has 0 aliphatic rings. The summed E-state index contributed by atoms with van der Waals surface area (Å²) in [4.78, 5) is 13.1. The largest absolute Gasteiger partial charge is 0.587 e. The molecule has 0 spiro atoms. The molecule has 0 aliphatic heterocycles. The molecule has 0 amide bonds. The van der Waals surface area contributed by atoms with Crippen LogP contribution in [0.4, 0.5) is 0 Å². The van der Waals surface area contributed by atoms with E-state index < -0.39 is 48.0 Å². The Morgan fingerprint density at radius 2 is 1.50 bits per heavy atom. The second-order valence-corrected chi connectivity index (χ2v) is 14.8. The number of fused-ring (bicyclic) bond motifs is 1.